The topological polar surface area (TPSA) is 35.6 Å². The van der Waals surface area contributed by atoms with Gasteiger partial charge in [0.05, 0.1) is 6.04 Å². The van der Waals surface area contributed by atoms with Gasteiger partial charge < -0.3 is 10.2 Å². The van der Waals surface area contributed by atoms with E-state index in [-0.39, 0.29) is 6.04 Å². The van der Waals surface area contributed by atoms with E-state index < -0.39 is 0 Å². The first-order valence-electron chi connectivity index (χ1n) is 7.07. The molecule has 1 aliphatic heterocycles. The highest BCUT2D eigenvalue weighted by Crippen LogP contribution is 2.19. The lowest BCUT2D eigenvalue weighted by Gasteiger charge is -2.37. The van der Waals surface area contributed by atoms with Gasteiger partial charge in [0.15, 0.2) is 0 Å². The third-order valence-corrected chi connectivity index (χ3v) is 3.76. The van der Waals surface area contributed by atoms with Crippen molar-refractivity contribution in [3.63, 3.8) is 0 Å². The summed E-state index contributed by atoms with van der Waals surface area (Å²) < 4.78 is 0. The molecule has 1 rings (SSSR count). The summed E-state index contributed by atoms with van der Waals surface area (Å²) in [5.74, 6) is 1.27. The van der Waals surface area contributed by atoms with Gasteiger partial charge in [0.2, 0.25) is 5.91 Å². The lowest BCUT2D eigenvalue weighted by molar-refractivity contribution is -0.139. The zero-order valence-electron chi connectivity index (χ0n) is 12.6. The maximum absolute atomic E-state index is 12.6. The SMILES string of the molecule is CNCC1CCCN(C(=O)C(C(C)C)N(C)C)C1. The molecule has 0 radical (unpaired) electrons. The molecule has 0 saturated carbocycles. The molecular formula is C14H29N3O. The fraction of sp³-hybridized carbons (Fsp3) is 0.929. The summed E-state index contributed by atoms with van der Waals surface area (Å²) in [7, 11) is 5.98. The van der Waals surface area contributed by atoms with E-state index in [1.54, 1.807) is 0 Å². The van der Waals surface area contributed by atoms with E-state index in [0.29, 0.717) is 17.7 Å². The van der Waals surface area contributed by atoms with Crippen molar-refractivity contribution in [1.82, 2.24) is 15.1 Å². The number of nitrogens with zero attached hydrogens (tertiary/aromatic N) is 2. The minimum Gasteiger partial charge on any atom is -0.341 e. The van der Waals surface area contributed by atoms with Gasteiger partial charge in [0, 0.05) is 13.1 Å². The van der Waals surface area contributed by atoms with E-state index in [9.17, 15) is 4.79 Å². The maximum atomic E-state index is 12.6. The van der Waals surface area contributed by atoms with Crippen molar-refractivity contribution in [2.24, 2.45) is 11.8 Å². The average molecular weight is 255 g/mol. The van der Waals surface area contributed by atoms with Crippen LogP contribution in [0.25, 0.3) is 0 Å². The minimum absolute atomic E-state index is 0.0123. The summed E-state index contributed by atoms with van der Waals surface area (Å²) in [4.78, 5) is 16.7. The van der Waals surface area contributed by atoms with Gasteiger partial charge in [-0.3, -0.25) is 9.69 Å². The maximum Gasteiger partial charge on any atom is 0.240 e. The van der Waals surface area contributed by atoms with E-state index in [1.165, 1.54) is 6.42 Å². The number of likely N-dealkylation sites (N-methyl/N-ethyl adjacent to an activating group) is 1. The average Bonchev–Trinajstić information content (AvgIpc) is 2.28. The molecule has 1 fully saturated rings. The Balaban J connectivity index is 2.64. The fourth-order valence-corrected chi connectivity index (χ4v) is 3.01. The Bertz CT molecular complexity index is 256. The molecule has 1 amide bonds. The number of rotatable bonds is 5. The molecule has 0 aromatic rings. The van der Waals surface area contributed by atoms with Gasteiger partial charge in [0.1, 0.15) is 0 Å². The lowest BCUT2D eigenvalue weighted by atomic mass is 9.95. The van der Waals surface area contributed by atoms with Crippen LogP contribution < -0.4 is 5.32 Å². The van der Waals surface area contributed by atoms with E-state index in [0.717, 1.165) is 26.1 Å². The van der Waals surface area contributed by atoms with E-state index in [2.05, 4.69) is 29.0 Å². The van der Waals surface area contributed by atoms with Crippen molar-refractivity contribution in [3.05, 3.63) is 0 Å². The van der Waals surface area contributed by atoms with Gasteiger partial charge in [-0.05, 0) is 52.4 Å². The second kappa shape index (κ2) is 7.10. The Hall–Kier alpha value is -0.610. The van der Waals surface area contributed by atoms with Crippen LogP contribution in [-0.2, 0) is 4.79 Å². The summed E-state index contributed by atoms with van der Waals surface area (Å²) in [6.07, 6.45) is 2.37. The van der Waals surface area contributed by atoms with Crippen LogP contribution in [0.15, 0.2) is 0 Å². The summed E-state index contributed by atoms with van der Waals surface area (Å²) in [6.45, 7) is 7.10. The molecule has 1 heterocycles. The first-order valence-corrected chi connectivity index (χ1v) is 7.07. The van der Waals surface area contributed by atoms with Gasteiger partial charge in [-0.2, -0.15) is 0 Å². The molecule has 0 aliphatic carbocycles. The molecule has 0 aromatic carbocycles. The number of carbonyl (C=O) groups excluding carboxylic acids is 1. The van der Waals surface area contributed by atoms with Crippen LogP contribution in [0.2, 0.25) is 0 Å². The quantitative estimate of drug-likeness (QED) is 0.797. The Morgan fingerprint density at radius 3 is 2.61 bits per heavy atom. The van der Waals surface area contributed by atoms with Crippen LogP contribution in [0.4, 0.5) is 0 Å². The van der Waals surface area contributed by atoms with E-state index >= 15 is 0 Å². The van der Waals surface area contributed by atoms with E-state index in [1.807, 2.05) is 21.1 Å². The highest BCUT2D eigenvalue weighted by atomic mass is 16.2. The predicted molar refractivity (Wildman–Crippen MR) is 75.5 cm³/mol. The lowest BCUT2D eigenvalue weighted by Crippen LogP contribution is -2.52. The number of carbonyl (C=O) groups is 1. The second-order valence-corrected chi connectivity index (χ2v) is 6.00. The molecule has 0 aromatic heterocycles. The van der Waals surface area contributed by atoms with Gasteiger partial charge in [-0.25, -0.2) is 0 Å². The Morgan fingerprint density at radius 1 is 1.44 bits per heavy atom. The molecule has 1 aliphatic rings. The van der Waals surface area contributed by atoms with Crippen molar-refractivity contribution >= 4 is 5.91 Å². The number of amides is 1. The largest absolute Gasteiger partial charge is 0.341 e. The summed E-state index contributed by atoms with van der Waals surface area (Å²) in [6, 6.07) is 0.0123. The normalized spacial score (nSPS) is 22.6. The van der Waals surface area contributed by atoms with Crippen LogP contribution in [-0.4, -0.2) is 62.5 Å². The van der Waals surface area contributed by atoms with Crippen molar-refractivity contribution in [2.45, 2.75) is 32.7 Å². The Labute approximate surface area is 112 Å². The summed E-state index contributed by atoms with van der Waals surface area (Å²) >= 11 is 0. The molecular weight excluding hydrogens is 226 g/mol. The van der Waals surface area contributed by atoms with Crippen LogP contribution in [0.1, 0.15) is 26.7 Å². The van der Waals surface area contributed by atoms with Gasteiger partial charge in [0.25, 0.3) is 0 Å². The van der Waals surface area contributed by atoms with Crippen LogP contribution >= 0.6 is 0 Å². The fourth-order valence-electron chi connectivity index (χ4n) is 3.01. The van der Waals surface area contributed by atoms with Crippen LogP contribution in [0, 0.1) is 11.8 Å². The first-order chi connectivity index (χ1) is 8.47. The molecule has 18 heavy (non-hydrogen) atoms. The molecule has 2 unspecified atom stereocenters. The molecule has 2 atom stereocenters. The highest BCUT2D eigenvalue weighted by molar-refractivity contribution is 5.82. The van der Waals surface area contributed by atoms with Crippen molar-refractivity contribution < 1.29 is 4.79 Å². The zero-order chi connectivity index (χ0) is 13.7. The predicted octanol–water partition coefficient (Wildman–Crippen LogP) is 1.03. The molecule has 4 heteroatoms. The Morgan fingerprint density at radius 2 is 2.11 bits per heavy atom. The summed E-state index contributed by atoms with van der Waals surface area (Å²) in [5, 5.41) is 3.22. The number of hydrogen-bond acceptors (Lipinski definition) is 3. The standard InChI is InChI=1S/C14H29N3O/c1-11(2)13(16(4)5)14(18)17-8-6-7-12(10-17)9-15-3/h11-13,15H,6-10H2,1-5H3. The molecule has 4 nitrogen and oxygen atoms in total. The third kappa shape index (κ3) is 3.95. The van der Waals surface area contributed by atoms with E-state index in [4.69, 9.17) is 0 Å². The molecule has 106 valence electrons. The second-order valence-electron chi connectivity index (χ2n) is 6.00. The zero-order valence-corrected chi connectivity index (χ0v) is 12.6. The van der Waals surface area contributed by atoms with Crippen molar-refractivity contribution in [2.75, 3.05) is 40.8 Å². The van der Waals surface area contributed by atoms with Gasteiger partial charge >= 0.3 is 0 Å². The van der Waals surface area contributed by atoms with Crippen molar-refractivity contribution in [1.29, 1.82) is 0 Å². The van der Waals surface area contributed by atoms with Crippen LogP contribution in [0.3, 0.4) is 0 Å². The number of hydrogen-bond donors (Lipinski definition) is 1. The monoisotopic (exact) mass is 255 g/mol. The highest BCUT2D eigenvalue weighted by Gasteiger charge is 2.31. The number of piperidine rings is 1. The minimum atomic E-state index is 0.0123. The Kier molecular flexibility index (Phi) is 6.09. The van der Waals surface area contributed by atoms with Gasteiger partial charge in [-0.1, -0.05) is 13.8 Å². The smallest absolute Gasteiger partial charge is 0.240 e. The molecule has 0 spiro atoms. The van der Waals surface area contributed by atoms with Gasteiger partial charge in [-0.15, -0.1) is 0 Å². The van der Waals surface area contributed by atoms with Crippen molar-refractivity contribution in [3.8, 4) is 0 Å². The first kappa shape index (κ1) is 15.4. The molecule has 1 saturated heterocycles. The molecule has 0 bridgehead atoms. The molecule has 1 N–H and O–H groups in total. The summed E-state index contributed by atoms with van der Waals surface area (Å²) in [5.41, 5.74) is 0. The number of likely N-dealkylation sites (tertiary alicyclic amines) is 1. The third-order valence-electron chi connectivity index (χ3n) is 3.76. The van der Waals surface area contributed by atoms with Crippen LogP contribution in [0.5, 0.6) is 0 Å². The number of nitrogens with one attached hydrogen (secondary N) is 1.